The summed E-state index contributed by atoms with van der Waals surface area (Å²) in [6.07, 6.45) is 1.03. The molecular formula is C14H21N3O3. The summed E-state index contributed by atoms with van der Waals surface area (Å²) in [5.74, 6) is 2.11. The molecule has 1 aromatic rings. The van der Waals surface area contributed by atoms with Gasteiger partial charge in [0.1, 0.15) is 12.4 Å². The van der Waals surface area contributed by atoms with Gasteiger partial charge in [-0.1, -0.05) is 0 Å². The summed E-state index contributed by atoms with van der Waals surface area (Å²) in [7, 11) is 1.67. The predicted molar refractivity (Wildman–Crippen MR) is 74.0 cm³/mol. The Morgan fingerprint density at radius 1 is 1.25 bits per heavy atom. The molecule has 110 valence electrons. The van der Waals surface area contributed by atoms with Crippen LogP contribution in [-0.4, -0.2) is 56.6 Å². The minimum atomic E-state index is 0.383. The lowest BCUT2D eigenvalue weighted by molar-refractivity contribution is 0.122. The van der Waals surface area contributed by atoms with Gasteiger partial charge in [-0.25, -0.2) is 9.97 Å². The molecule has 3 heterocycles. The fraction of sp³-hybridized carbons (Fsp3) is 0.714. The lowest BCUT2D eigenvalue weighted by Crippen LogP contribution is -2.37. The summed E-state index contributed by atoms with van der Waals surface area (Å²) in [6, 6.07) is 2.10. The average molecular weight is 279 g/mol. The Hall–Kier alpha value is -1.24. The predicted octanol–water partition coefficient (Wildman–Crippen LogP) is 0.964. The molecule has 0 N–H and O–H groups in total. The van der Waals surface area contributed by atoms with Gasteiger partial charge in [-0.05, 0) is 6.42 Å². The van der Waals surface area contributed by atoms with Crippen molar-refractivity contribution in [2.24, 2.45) is 0 Å². The number of anilines is 1. The Balaban J connectivity index is 1.86. The van der Waals surface area contributed by atoms with Crippen molar-refractivity contribution in [3.05, 3.63) is 17.6 Å². The molecule has 0 aromatic carbocycles. The molecule has 0 saturated carbocycles. The lowest BCUT2D eigenvalue weighted by atomic mass is 10.0. The van der Waals surface area contributed by atoms with E-state index in [2.05, 4.69) is 20.9 Å². The SMILES string of the molecule is COCc1nc([C@H]2CCOC2)cc(N2CCOCC2)n1. The number of nitrogens with zero attached hydrogens (tertiary/aromatic N) is 3. The Bertz CT molecular complexity index is 443. The van der Waals surface area contributed by atoms with Gasteiger partial charge in [0.05, 0.1) is 25.5 Å². The quantitative estimate of drug-likeness (QED) is 0.818. The second-order valence-corrected chi connectivity index (χ2v) is 5.16. The van der Waals surface area contributed by atoms with Crippen LogP contribution in [-0.2, 0) is 20.8 Å². The third-order valence-corrected chi connectivity index (χ3v) is 3.74. The van der Waals surface area contributed by atoms with Crippen molar-refractivity contribution in [3.8, 4) is 0 Å². The van der Waals surface area contributed by atoms with Crippen LogP contribution in [0.15, 0.2) is 6.07 Å². The van der Waals surface area contributed by atoms with Gasteiger partial charge in [-0.15, -0.1) is 0 Å². The van der Waals surface area contributed by atoms with Crippen LogP contribution < -0.4 is 4.90 Å². The number of morpholine rings is 1. The monoisotopic (exact) mass is 279 g/mol. The van der Waals surface area contributed by atoms with E-state index in [-0.39, 0.29) is 0 Å². The van der Waals surface area contributed by atoms with Crippen molar-refractivity contribution in [2.45, 2.75) is 18.9 Å². The molecule has 0 radical (unpaired) electrons. The zero-order valence-corrected chi connectivity index (χ0v) is 11.9. The van der Waals surface area contributed by atoms with Gasteiger partial charge in [0.2, 0.25) is 0 Å². The van der Waals surface area contributed by atoms with Crippen LogP contribution in [0, 0.1) is 0 Å². The van der Waals surface area contributed by atoms with Gasteiger partial charge in [0, 0.05) is 38.8 Å². The van der Waals surface area contributed by atoms with Crippen molar-refractivity contribution >= 4 is 5.82 Å². The summed E-state index contributed by atoms with van der Waals surface area (Å²) < 4.78 is 16.1. The maximum Gasteiger partial charge on any atom is 0.156 e. The topological polar surface area (TPSA) is 56.7 Å². The minimum absolute atomic E-state index is 0.383. The lowest BCUT2D eigenvalue weighted by Gasteiger charge is -2.28. The van der Waals surface area contributed by atoms with Crippen LogP contribution in [0.25, 0.3) is 0 Å². The molecule has 2 saturated heterocycles. The third kappa shape index (κ3) is 3.08. The highest BCUT2D eigenvalue weighted by molar-refractivity contribution is 5.41. The first-order valence-electron chi connectivity index (χ1n) is 7.14. The summed E-state index contributed by atoms with van der Waals surface area (Å²) >= 11 is 0. The largest absolute Gasteiger partial charge is 0.381 e. The van der Waals surface area contributed by atoms with Gasteiger partial charge in [-0.3, -0.25) is 0 Å². The molecule has 6 nitrogen and oxygen atoms in total. The van der Waals surface area contributed by atoms with E-state index in [4.69, 9.17) is 14.2 Å². The highest BCUT2D eigenvalue weighted by Gasteiger charge is 2.22. The van der Waals surface area contributed by atoms with E-state index in [0.29, 0.717) is 12.5 Å². The molecule has 0 unspecified atom stereocenters. The first-order valence-corrected chi connectivity index (χ1v) is 7.14. The van der Waals surface area contributed by atoms with E-state index in [1.807, 2.05) is 0 Å². The smallest absolute Gasteiger partial charge is 0.156 e. The van der Waals surface area contributed by atoms with Gasteiger partial charge >= 0.3 is 0 Å². The summed E-state index contributed by atoms with van der Waals surface area (Å²) in [5.41, 5.74) is 1.08. The Morgan fingerprint density at radius 3 is 2.80 bits per heavy atom. The van der Waals surface area contributed by atoms with Crippen LogP contribution in [0.1, 0.15) is 23.9 Å². The normalized spacial score (nSPS) is 23.2. The number of hydrogen-bond acceptors (Lipinski definition) is 6. The van der Waals surface area contributed by atoms with Crippen molar-refractivity contribution < 1.29 is 14.2 Å². The van der Waals surface area contributed by atoms with Crippen LogP contribution >= 0.6 is 0 Å². The van der Waals surface area contributed by atoms with Crippen LogP contribution in [0.5, 0.6) is 0 Å². The van der Waals surface area contributed by atoms with Crippen LogP contribution in [0.2, 0.25) is 0 Å². The maximum atomic E-state index is 5.47. The second kappa shape index (κ2) is 6.47. The number of methoxy groups -OCH3 is 1. The molecule has 0 bridgehead atoms. The van der Waals surface area contributed by atoms with Crippen molar-refractivity contribution in [1.29, 1.82) is 0 Å². The van der Waals surface area contributed by atoms with E-state index in [1.54, 1.807) is 7.11 Å². The molecule has 2 fully saturated rings. The molecule has 2 aliphatic rings. The third-order valence-electron chi connectivity index (χ3n) is 3.74. The van der Waals surface area contributed by atoms with E-state index in [1.165, 1.54) is 0 Å². The molecule has 0 aliphatic carbocycles. The highest BCUT2D eigenvalue weighted by Crippen LogP contribution is 2.26. The van der Waals surface area contributed by atoms with Gasteiger partial charge in [0.15, 0.2) is 5.82 Å². The number of hydrogen-bond donors (Lipinski definition) is 0. The zero-order valence-electron chi connectivity index (χ0n) is 11.9. The van der Waals surface area contributed by atoms with Crippen molar-refractivity contribution in [2.75, 3.05) is 51.5 Å². The highest BCUT2D eigenvalue weighted by atomic mass is 16.5. The van der Waals surface area contributed by atoms with E-state index < -0.39 is 0 Å². The van der Waals surface area contributed by atoms with E-state index >= 15 is 0 Å². The Labute approximate surface area is 119 Å². The Morgan fingerprint density at radius 2 is 2.10 bits per heavy atom. The van der Waals surface area contributed by atoms with Crippen molar-refractivity contribution in [1.82, 2.24) is 9.97 Å². The van der Waals surface area contributed by atoms with Gasteiger partial charge in [0.25, 0.3) is 0 Å². The summed E-state index contributed by atoms with van der Waals surface area (Å²) in [5, 5.41) is 0. The van der Waals surface area contributed by atoms with Crippen molar-refractivity contribution in [3.63, 3.8) is 0 Å². The molecule has 2 aliphatic heterocycles. The number of ether oxygens (including phenoxy) is 3. The number of rotatable bonds is 4. The fourth-order valence-corrected chi connectivity index (χ4v) is 2.63. The molecular weight excluding hydrogens is 258 g/mol. The first-order chi connectivity index (χ1) is 9.86. The molecule has 0 spiro atoms. The fourth-order valence-electron chi connectivity index (χ4n) is 2.63. The Kier molecular flexibility index (Phi) is 4.44. The van der Waals surface area contributed by atoms with Crippen LogP contribution in [0.4, 0.5) is 5.82 Å². The van der Waals surface area contributed by atoms with E-state index in [0.717, 1.165) is 63.3 Å². The van der Waals surface area contributed by atoms with Gasteiger partial charge < -0.3 is 19.1 Å². The number of aromatic nitrogens is 2. The van der Waals surface area contributed by atoms with Crippen LogP contribution in [0.3, 0.4) is 0 Å². The summed E-state index contributed by atoms with van der Waals surface area (Å²) in [4.78, 5) is 11.5. The van der Waals surface area contributed by atoms with E-state index in [9.17, 15) is 0 Å². The molecule has 1 aromatic heterocycles. The standard InChI is InChI=1S/C14H21N3O3/c1-18-10-13-15-12(11-2-5-20-9-11)8-14(16-13)17-3-6-19-7-4-17/h8,11H,2-7,9-10H2,1H3/t11-/m0/s1. The first kappa shape index (κ1) is 13.7. The molecule has 0 amide bonds. The second-order valence-electron chi connectivity index (χ2n) is 5.16. The molecule has 3 rings (SSSR count). The average Bonchev–Trinajstić information content (AvgIpc) is 3.02. The summed E-state index contributed by atoms with van der Waals surface area (Å²) in [6.45, 7) is 5.29. The molecule has 6 heteroatoms. The molecule has 20 heavy (non-hydrogen) atoms. The molecule has 1 atom stereocenters. The minimum Gasteiger partial charge on any atom is -0.381 e. The zero-order chi connectivity index (χ0) is 13.8. The maximum absolute atomic E-state index is 5.47. The van der Waals surface area contributed by atoms with Gasteiger partial charge in [-0.2, -0.15) is 0 Å².